The van der Waals surface area contributed by atoms with E-state index >= 15 is 0 Å². The van der Waals surface area contributed by atoms with Crippen molar-refractivity contribution in [3.05, 3.63) is 48.0 Å². The van der Waals surface area contributed by atoms with Gasteiger partial charge in [0.2, 0.25) is 5.95 Å². The molecule has 0 radical (unpaired) electrons. The summed E-state index contributed by atoms with van der Waals surface area (Å²) in [6.07, 6.45) is -2.56. The molecule has 0 aliphatic carbocycles. The van der Waals surface area contributed by atoms with Gasteiger partial charge in [0.15, 0.2) is 0 Å². The lowest BCUT2D eigenvalue weighted by molar-refractivity contribution is -0.137. The molecule has 158 valence electrons. The zero-order valence-corrected chi connectivity index (χ0v) is 16.2. The van der Waals surface area contributed by atoms with Crippen molar-refractivity contribution in [2.24, 2.45) is 5.92 Å². The Morgan fingerprint density at radius 3 is 2.37 bits per heavy atom. The van der Waals surface area contributed by atoms with Gasteiger partial charge >= 0.3 is 6.18 Å². The van der Waals surface area contributed by atoms with Crippen LogP contribution >= 0.6 is 0 Å². The molecule has 1 saturated heterocycles. The predicted octanol–water partition coefficient (Wildman–Crippen LogP) is 4.11. The average Bonchev–Trinajstić information content (AvgIpc) is 2.71. The zero-order chi connectivity index (χ0) is 21.3. The van der Waals surface area contributed by atoms with Gasteiger partial charge in [0.05, 0.1) is 23.1 Å². The summed E-state index contributed by atoms with van der Waals surface area (Å²) in [5.41, 5.74) is 12.5. The Kier molecular flexibility index (Phi) is 5.27. The van der Waals surface area contributed by atoms with Gasteiger partial charge in [0.25, 0.3) is 0 Å². The van der Waals surface area contributed by atoms with Gasteiger partial charge in [-0.05, 0) is 55.2 Å². The highest BCUT2D eigenvalue weighted by Crippen LogP contribution is 2.33. The number of ether oxygens (including phenoxy) is 1. The number of alkyl halides is 3. The maximum atomic E-state index is 12.7. The third-order valence-corrected chi connectivity index (χ3v) is 5.38. The van der Waals surface area contributed by atoms with Crippen molar-refractivity contribution in [3.8, 4) is 5.75 Å². The molecule has 0 amide bonds. The van der Waals surface area contributed by atoms with E-state index in [0.29, 0.717) is 29.2 Å². The largest absolute Gasteiger partial charge is 0.492 e. The SMILES string of the molecule is Nc1nc(N)c2c(OCC3CCN(c4ccc(C(F)(F)F)cc4)CC3)cccc2n1. The number of benzene rings is 2. The Bertz CT molecular complexity index is 1030. The fourth-order valence-electron chi connectivity index (χ4n) is 3.74. The molecule has 4 N–H and O–H groups in total. The monoisotopic (exact) mass is 417 g/mol. The second kappa shape index (κ2) is 7.89. The molecule has 0 bridgehead atoms. The standard InChI is InChI=1S/C21H22F3N5O/c22-21(23,24)14-4-6-15(7-5-14)29-10-8-13(9-11-29)12-30-17-3-1-2-16-18(17)19(25)28-20(26)27-16/h1-7,13H,8-12H2,(H4,25,26,27,28). The zero-order valence-electron chi connectivity index (χ0n) is 16.2. The Morgan fingerprint density at radius 2 is 1.70 bits per heavy atom. The highest BCUT2D eigenvalue weighted by atomic mass is 19.4. The van der Waals surface area contributed by atoms with Crippen molar-refractivity contribution in [2.75, 3.05) is 36.1 Å². The lowest BCUT2D eigenvalue weighted by Gasteiger charge is -2.33. The third kappa shape index (κ3) is 4.19. The summed E-state index contributed by atoms with van der Waals surface area (Å²) in [5, 5.41) is 0.647. The van der Waals surface area contributed by atoms with Gasteiger partial charge in [-0.15, -0.1) is 0 Å². The van der Waals surface area contributed by atoms with E-state index in [1.54, 1.807) is 6.07 Å². The fraction of sp³-hybridized carbons (Fsp3) is 0.333. The smallest absolute Gasteiger partial charge is 0.416 e. The summed E-state index contributed by atoms with van der Waals surface area (Å²) < 4.78 is 44.2. The molecule has 4 rings (SSSR count). The molecular formula is C21H22F3N5O. The molecular weight excluding hydrogens is 395 g/mol. The summed E-state index contributed by atoms with van der Waals surface area (Å²) in [4.78, 5) is 10.3. The van der Waals surface area contributed by atoms with E-state index in [0.717, 1.165) is 43.8 Å². The Labute approximate surface area is 171 Å². The molecule has 1 aromatic heterocycles. The van der Waals surface area contributed by atoms with Crippen LogP contribution in [0.4, 0.5) is 30.6 Å². The Morgan fingerprint density at radius 1 is 1.00 bits per heavy atom. The van der Waals surface area contributed by atoms with Crippen LogP contribution in [0, 0.1) is 5.92 Å². The molecule has 9 heteroatoms. The van der Waals surface area contributed by atoms with Crippen molar-refractivity contribution in [1.29, 1.82) is 0 Å². The second-order valence-corrected chi connectivity index (χ2v) is 7.40. The molecule has 1 aliphatic heterocycles. The summed E-state index contributed by atoms with van der Waals surface area (Å²) in [6, 6.07) is 10.8. The molecule has 1 fully saturated rings. The number of rotatable bonds is 4. The summed E-state index contributed by atoms with van der Waals surface area (Å²) in [6.45, 7) is 2.04. The molecule has 0 atom stereocenters. The highest BCUT2D eigenvalue weighted by Gasteiger charge is 2.30. The molecule has 3 aromatic rings. The number of fused-ring (bicyclic) bond motifs is 1. The maximum Gasteiger partial charge on any atom is 0.416 e. The van der Waals surface area contributed by atoms with Crippen LogP contribution in [0.5, 0.6) is 5.75 Å². The molecule has 2 heterocycles. The van der Waals surface area contributed by atoms with Crippen LogP contribution in [-0.2, 0) is 6.18 Å². The normalized spacial score (nSPS) is 15.5. The van der Waals surface area contributed by atoms with Crippen LogP contribution in [0.25, 0.3) is 10.9 Å². The molecule has 30 heavy (non-hydrogen) atoms. The number of nitrogen functional groups attached to an aromatic ring is 2. The maximum absolute atomic E-state index is 12.7. The van der Waals surface area contributed by atoms with Crippen LogP contribution < -0.4 is 21.1 Å². The molecule has 0 unspecified atom stereocenters. The minimum atomic E-state index is -4.31. The Hall–Kier alpha value is -3.23. The molecule has 2 aromatic carbocycles. The lowest BCUT2D eigenvalue weighted by atomic mass is 9.97. The average molecular weight is 417 g/mol. The third-order valence-electron chi connectivity index (χ3n) is 5.38. The fourth-order valence-corrected chi connectivity index (χ4v) is 3.74. The van der Waals surface area contributed by atoms with Gasteiger partial charge in [-0.25, -0.2) is 4.98 Å². The van der Waals surface area contributed by atoms with Crippen LogP contribution in [0.2, 0.25) is 0 Å². The van der Waals surface area contributed by atoms with Gasteiger partial charge in [0.1, 0.15) is 11.6 Å². The van der Waals surface area contributed by atoms with Crippen molar-refractivity contribution < 1.29 is 17.9 Å². The first-order valence-electron chi connectivity index (χ1n) is 9.68. The first-order valence-corrected chi connectivity index (χ1v) is 9.68. The van der Waals surface area contributed by atoms with Gasteiger partial charge < -0.3 is 21.1 Å². The number of aromatic nitrogens is 2. The van der Waals surface area contributed by atoms with Crippen molar-refractivity contribution in [1.82, 2.24) is 9.97 Å². The van der Waals surface area contributed by atoms with Crippen LogP contribution in [-0.4, -0.2) is 29.7 Å². The van der Waals surface area contributed by atoms with Crippen molar-refractivity contribution >= 4 is 28.4 Å². The number of piperidine rings is 1. The van der Waals surface area contributed by atoms with Crippen molar-refractivity contribution in [3.63, 3.8) is 0 Å². The molecule has 0 spiro atoms. The van der Waals surface area contributed by atoms with E-state index in [2.05, 4.69) is 14.9 Å². The van der Waals surface area contributed by atoms with Gasteiger partial charge in [-0.3, -0.25) is 0 Å². The van der Waals surface area contributed by atoms with E-state index in [1.165, 1.54) is 12.1 Å². The Balaban J connectivity index is 1.36. The minimum Gasteiger partial charge on any atom is -0.492 e. The first-order chi connectivity index (χ1) is 14.3. The summed E-state index contributed by atoms with van der Waals surface area (Å²) >= 11 is 0. The van der Waals surface area contributed by atoms with Crippen LogP contribution in [0.15, 0.2) is 42.5 Å². The predicted molar refractivity (Wildman–Crippen MR) is 110 cm³/mol. The summed E-state index contributed by atoms with van der Waals surface area (Å²) in [5.74, 6) is 1.36. The second-order valence-electron chi connectivity index (χ2n) is 7.40. The molecule has 1 aliphatic rings. The topological polar surface area (TPSA) is 90.3 Å². The molecule has 6 nitrogen and oxygen atoms in total. The number of nitrogens with two attached hydrogens (primary N) is 2. The first kappa shape index (κ1) is 20.1. The van der Waals surface area contributed by atoms with Gasteiger partial charge in [-0.2, -0.15) is 18.2 Å². The number of hydrogen-bond acceptors (Lipinski definition) is 6. The van der Waals surface area contributed by atoms with E-state index in [9.17, 15) is 13.2 Å². The highest BCUT2D eigenvalue weighted by molar-refractivity contribution is 5.94. The molecule has 0 saturated carbocycles. The number of halogens is 3. The number of anilines is 3. The quantitative estimate of drug-likeness (QED) is 0.664. The minimum absolute atomic E-state index is 0.118. The van der Waals surface area contributed by atoms with Crippen LogP contribution in [0.3, 0.4) is 0 Å². The van der Waals surface area contributed by atoms with E-state index < -0.39 is 11.7 Å². The summed E-state index contributed by atoms with van der Waals surface area (Å²) in [7, 11) is 0. The van der Waals surface area contributed by atoms with E-state index in [4.69, 9.17) is 16.2 Å². The number of nitrogens with zero attached hydrogens (tertiary/aromatic N) is 3. The van der Waals surface area contributed by atoms with Gasteiger partial charge in [0, 0.05) is 18.8 Å². The van der Waals surface area contributed by atoms with Crippen LogP contribution in [0.1, 0.15) is 18.4 Å². The van der Waals surface area contributed by atoms with E-state index in [-0.39, 0.29) is 11.8 Å². The van der Waals surface area contributed by atoms with Gasteiger partial charge in [-0.1, -0.05) is 6.07 Å². The number of hydrogen-bond donors (Lipinski definition) is 2. The van der Waals surface area contributed by atoms with E-state index in [1.807, 2.05) is 12.1 Å². The van der Waals surface area contributed by atoms with Crippen molar-refractivity contribution in [2.45, 2.75) is 19.0 Å². The lowest BCUT2D eigenvalue weighted by Crippen LogP contribution is -2.35.